The summed E-state index contributed by atoms with van der Waals surface area (Å²) in [7, 11) is 0. The topological polar surface area (TPSA) is 49.3 Å². The van der Waals surface area contributed by atoms with Crippen LogP contribution in [0.15, 0.2) is 60.7 Å². The Balaban J connectivity index is 2.22. The molecule has 3 aromatic rings. The van der Waals surface area contributed by atoms with Crippen LogP contribution in [0.1, 0.15) is 29.7 Å². The van der Waals surface area contributed by atoms with Crippen LogP contribution in [0.4, 0.5) is 0 Å². The highest BCUT2D eigenvalue weighted by molar-refractivity contribution is 5.89. The molecule has 0 saturated heterocycles. The number of aromatic hydroxyl groups is 1. The second-order valence-corrected chi connectivity index (χ2v) is 5.76. The molecular weight excluding hydrogens is 286 g/mol. The molecule has 3 aromatic carbocycles. The van der Waals surface area contributed by atoms with Crippen LogP contribution in [0, 0.1) is 6.92 Å². The quantitative estimate of drug-likeness (QED) is 0.766. The normalized spacial score (nSPS) is 12.1. The molecule has 1 atom stereocenters. The van der Waals surface area contributed by atoms with E-state index in [1.807, 2.05) is 61.5 Å². The number of rotatable bonds is 3. The van der Waals surface area contributed by atoms with Gasteiger partial charge in [0.2, 0.25) is 5.91 Å². The van der Waals surface area contributed by atoms with Crippen LogP contribution >= 0.6 is 0 Å². The van der Waals surface area contributed by atoms with Gasteiger partial charge in [-0.25, -0.2) is 0 Å². The third-order valence-corrected chi connectivity index (χ3v) is 3.99. The molecule has 0 aromatic heterocycles. The number of carbonyl (C=O) groups excluding carboxylic acids is 1. The summed E-state index contributed by atoms with van der Waals surface area (Å²) in [5, 5.41) is 15.4. The molecule has 2 N–H and O–H groups in total. The Labute approximate surface area is 135 Å². The zero-order valence-electron chi connectivity index (χ0n) is 13.2. The Morgan fingerprint density at radius 2 is 1.70 bits per heavy atom. The Morgan fingerprint density at radius 1 is 1.00 bits per heavy atom. The third kappa shape index (κ3) is 3.04. The molecule has 0 heterocycles. The number of carbonyl (C=O) groups is 1. The van der Waals surface area contributed by atoms with E-state index in [1.54, 1.807) is 6.07 Å². The van der Waals surface area contributed by atoms with Crippen LogP contribution < -0.4 is 5.32 Å². The van der Waals surface area contributed by atoms with Crippen molar-refractivity contribution in [2.45, 2.75) is 19.9 Å². The first-order valence-corrected chi connectivity index (χ1v) is 7.60. The predicted octanol–water partition coefficient (Wildman–Crippen LogP) is 4.08. The van der Waals surface area contributed by atoms with Crippen molar-refractivity contribution in [1.82, 2.24) is 5.32 Å². The highest BCUT2D eigenvalue weighted by atomic mass is 16.3. The Hall–Kier alpha value is -2.81. The number of amides is 1. The smallest absolute Gasteiger partial charge is 0.217 e. The number of nitrogens with one attached hydrogen (secondary N) is 1. The van der Waals surface area contributed by atoms with Gasteiger partial charge in [-0.1, -0.05) is 60.2 Å². The van der Waals surface area contributed by atoms with Crippen LogP contribution in [0.25, 0.3) is 10.8 Å². The van der Waals surface area contributed by atoms with Gasteiger partial charge in [0, 0.05) is 12.5 Å². The fourth-order valence-electron chi connectivity index (χ4n) is 2.87. The van der Waals surface area contributed by atoms with Gasteiger partial charge in [0.25, 0.3) is 0 Å². The number of phenols is 1. The van der Waals surface area contributed by atoms with E-state index >= 15 is 0 Å². The lowest BCUT2D eigenvalue weighted by atomic mass is 9.92. The zero-order valence-corrected chi connectivity index (χ0v) is 13.2. The Kier molecular flexibility index (Phi) is 4.02. The van der Waals surface area contributed by atoms with E-state index in [-0.39, 0.29) is 17.7 Å². The molecule has 0 fully saturated rings. The van der Waals surface area contributed by atoms with E-state index < -0.39 is 0 Å². The molecular formula is C20H19NO2. The van der Waals surface area contributed by atoms with Gasteiger partial charge in [-0.05, 0) is 29.3 Å². The molecule has 0 aliphatic carbocycles. The Morgan fingerprint density at radius 3 is 2.39 bits per heavy atom. The molecule has 0 aliphatic heterocycles. The second kappa shape index (κ2) is 6.13. The molecule has 3 rings (SSSR count). The number of fused-ring (bicyclic) bond motifs is 1. The van der Waals surface area contributed by atoms with Crippen LogP contribution in [0.5, 0.6) is 5.75 Å². The van der Waals surface area contributed by atoms with Crippen molar-refractivity contribution in [3.05, 3.63) is 77.4 Å². The van der Waals surface area contributed by atoms with E-state index in [1.165, 1.54) is 6.92 Å². The minimum Gasteiger partial charge on any atom is -0.508 e. The van der Waals surface area contributed by atoms with Gasteiger partial charge in [-0.3, -0.25) is 4.79 Å². The average Bonchev–Trinajstić information content (AvgIpc) is 2.54. The van der Waals surface area contributed by atoms with Crippen molar-refractivity contribution >= 4 is 16.7 Å². The minimum absolute atomic E-state index is 0.136. The van der Waals surface area contributed by atoms with Crippen LogP contribution in [-0.2, 0) is 4.79 Å². The molecule has 1 amide bonds. The van der Waals surface area contributed by atoms with Crippen LogP contribution in [0.2, 0.25) is 0 Å². The average molecular weight is 305 g/mol. The summed E-state index contributed by atoms with van der Waals surface area (Å²) in [4.78, 5) is 11.7. The maximum absolute atomic E-state index is 11.7. The van der Waals surface area contributed by atoms with Gasteiger partial charge in [0.15, 0.2) is 0 Å². The number of aryl methyl sites for hydroxylation is 1. The number of benzene rings is 3. The molecule has 0 spiro atoms. The standard InChI is InChI=1S/C20H19NO2/c1-13-7-9-16(10-8-13)20(21-14(2)22)19-17-6-4-3-5-15(17)11-12-18(19)23/h3-12,20,23H,1-2H3,(H,21,22)/t20-/m0/s1. The fourth-order valence-corrected chi connectivity index (χ4v) is 2.87. The van der Waals surface area contributed by atoms with Crippen molar-refractivity contribution in [3.63, 3.8) is 0 Å². The van der Waals surface area contributed by atoms with Crippen molar-refractivity contribution < 1.29 is 9.90 Å². The molecule has 116 valence electrons. The SMILES string of the molecule is CC(=O)N[C@@H](c1ccc(C)cc1)c1c(O)ccc2ccccc12. The summed E-state index contributed by atoms with van der Waals surface area (Å²) in [6.45, 7) is 3.51. The number of phenolic OH excluding ortho intramolecular Hbond substituents is 1. The maximum Gasteiger partial charge on any atom is 0.217 e. The summed E-state index contributed by atoms with van der Waals surface area (Å²) in [6, 6.07) is 19.0. The Bertz CT molecular complexity index is 853. The van der Waals surface area contributed by atoms with Crippen molar-refractivity contribution in [3.8, 4) is 5.75 Å². The lowest BCUT2D eigenvalue weighted by Gasteiger charge is -2.22. The molecule has 0 saturated carbocycles. The number of hydrogen-bond acceptors (Lipinski definition) is 2. The first-order valence-electron chi connectivity index (χ1n) is 7.60. The molecule has 3 nitrogen and oxygen atoms in total. The summed E-state index contributed by atoms with van der Waals surface area (Å²) in [5.74, 6) is 0.0472. The zero-order chi connectivity index (χ0) is 16.4. The van der Waals surface area contributed by atoms with Crippen molar-refractivity contribution in [2.75, 3.05) is 0 Å². The maximum atomic E-state index is 11.7. The lowest BCUT2D eigenvalue weighted by molar-refractivity contribution is -0.119. The molecule has 0 bridgehead atoms. The first kappa shape index (κ1) is 15.1. The molecule has 0 unspecified atom stereocenters. The molecule has 0 radical (unpaired) electrons. The summed E-state index contributed by atoms with van der Waals surface area (Å²) in [6.07, 6.45) is 0. The van der Waals surface area contributed by atoms with E-state index in [9.17, 15) is 9.90 Å². The summed E-state index contributed by atoms with van der Waals surface area (Å²) < 4.78 is 0. The highest BCUT2D eigenvalue weighted by Crippen LogP contribution is 2.35. The fraction of sp³-hybridized carbons (Fsp3) is 0.150. The van der Waals surface area contributed by atoms with Gasteiger partial charge < -0.3 is 10.4 Å². The largest absolute Gasteiger partial charge is 0.508 e. The van der Waals surface area contributed by atoms with E-state index in [2.05, 4.69) is 5.32 Å². The van der Waals surface area contributed by atoms with Crippen LogP contribution in [-0.4, -0.2) is 11.0 Å². The van der Waals surface area contributed by atoms with E-state index in [4.69, 9.17) is 0 Å². The monoisotopic (exact) mass is 305 g/mol. The minimum atomic E-state index is -0.390. The highest BCUT2D eigenvalue weighted by Gasteiger charge is 2.21. The third-order valence-electron chi connectivity index (χ3n) is 3.99. The van der Waals surface area contributed by atoms with Gasteiger partial charge in [-0.15, -0.1) is 0 Å². The van der Waals surface area contributed by atoms with Crippen LogP contribution in [0.3, 0.4) is 0 Å². The first-order chi connectivity index (χ1) is 11.1. The van der Waals surface area contributed by atoms with Gasteiger partial charge in [-0.2, -0.15) is 0 Å². The molecule has 0 aliphatic rings. The lowest BCUT2D eigenvalue weighted by Crippen LogP contribution is -2.27. The van der Waals surface area contributed by atoms with Gasteiger partial charge in [0.1, 0.15) is 5.75 Å². The van der Waals surface area contributed by atoms with E-state index in [0.29, 0.717) is 0 Å². The summed E-state index contributed by atoms with van der Waals surface area (Å²) in [5.41, 5.74) is 2.82. The van der Waals surface area contributed by atoms with Gasteiger partial charge >= 0.3 is 0 Å². The molecule has 3 heteroatoms. The van der Waals surface area contributed by atoms with Crippen molar-refractivity contribution in [2.24, 2.45) is 0 Å². The van der Waals surface area contributed by atoms with E-state index in [0.717, 1.165) is 27.5 Å². The summed E-state index contributed by atoms with van der Waals surface area (Å²) >= 11 is 0. The van der Waals surface area contributed by atoms with Gasteiger partial charge in [0.05, 0.1) is 6.04 Å². The number of hydrogen-bond donors (Lipinski definition) is 2. The molecule has 23 heavy (non-hydrogen) atoms. The predicted molar refractivity (Wildman–Crippen MR) is 92.5 cm³/mol. The van der Waals surface area contributed by atoms with Crippen molar-refractivity contribution in [1.29, 1.82) is 0 Å². The second-order valence-electron chi connectivity index (χ2n) is 5.76.